The first-order valence-corrected chi connectivity index (χ1v) is 5.59. The summed E-state index contributed by atoms with van der Waals surface area (Å²) in [7, 11) is 1.27. The first kappa shape index (κ1) is 13.5. The van der Waals surface area contributed by atoms with Gasteiger partial charge in [0.15, 0.2) is 12.4 Å². The fourth-order valence-corrected chi connectivity index (χ4v) is 1.45. The number of carbonyl (C=O) groups is 2. The average molecular weight is 277 g/mol. The van der Waals surface area contributed by atoms with Crippen LogP contribution in [0.4, 0.5) is 0 Å². The zero-order valence-corrected chi connectivity index (χ0v) is 10.5. The van der Waals surface area contributed by atoms with Gasteiger partial charge in [-0.2, -0.15) is 5.10 Å². The first-order chi connectivity index (χ1) is 9.60. The van der Waals surface area contributed by atoms with Crippen molar-refractivity contribution in [1.82, 2.24) is 15.2 Å². The Hall–Kier alpha value is -2.90. The Bertz CT molecular complexity index is 671. The summed E-state index contributed by atoms with van der Waals surface area (Å²) in [5, 5.41) is 5.75. The van der Waals surface area contributed by atoms with Crippen molar-refractivity contribution >= 4 is 11.9 Å². The molecule has 0 saturated heterocycles. The van der Waals surface area contributed by atoms with Crippen molar-refractivity contribution < 1.29 is 19.1 Å². The number of hydrogen-bond acceptors (Lipinski definition) is 6. The van der Waals surface area contributed by atoms with Crippen LogP contribution in [-0.4, -0.2) is 34.2 Å². The summed E-state index contributed by atoms with van der Waals surface area (Å²) >= 11 is 0. The highest BCUT2D eigenvalue weighted by Crippen LogP contribution is 2.07. The van der Waals surface area contributed by atoms with E-state index < -0.39 is 17.6 Å². The van der Waals surface area contributed by atoms with Gasteiger partial charge in [-0.1, -0.05) is 0 Å². The van der Waals surface area contributed by atoms with Gasteiger partial charge >= 0.3 is 17.6 Å². The van der Waals surface area contributed by atoms with Crippen LogP contribution in [0.2, 0.25) is 0 Å². The van der Waals surface area contributed by atoms with Crippen LogP contribution in [0.25, 0.3) is 0 Å². The minimum Gasteiger partial charge on any atom is -0.465 e. The van der Waals surface area contributed by atoms with Crippen molar-refractivity contribution in [2.75, 3.05) is 7.11 Å². The molecule has 2 aromatic rings. The van der Waals surface area contributed by atoms with E-state index in [4.69, 9.17) is 4.74 Å². The van der Waals surface area contributed by atoms with Gasteiger partial charge in [0.2, 0.25) is 0 Å². The van der Waals surface area contributed by atoms with E-state index in [2.05, 4.69) is 19.9 Å². The molecule has 0 saturated carbocycles. The summed E-state index contributed by atoms with van der Waals surface area (Å²) < 4.78 is 9.49. The second-order valence-electron chi connectivity index (χ2n) is 3.77. The van der Waals surface area contributed by atoms with Gasteiger partial charge in [0.05, 0.1) is 18.2 Å². The highest BCUT2D eigenvalue weighted by molar-refractivity contribution is 5.93. The number of carbonyl (C=O) groups excluding carboxylic acids is 2. The van der Waals surface area contributed by atoms with Crippen LogP contribution in [0.1, 0.15) is 26.5 Å². The third kappa shape index (κ3) is 3.10. The molecule has 1 aromatic carbocycles. The van der Waals surface area contributed by atoms with Crippen molar-refractivity contribution in [3.05, 3.63) is 51.7 Å². The maximum atomic E-state index is 11.7. The van der Waals surface area contributed by atoms with E-state index in [0.717, 1.165) is 0 Å². The van der Waals surface area contributed by atoms with Crippen LogP contribution in [0.15, 0.2) is 29.1 Å². The lowest BCUT2D eigenvalue weighted by atomic mass is 10.1. The number of rotatable bonds is 4. The molecule has 1 aromatic heterocycles. The number of methoxy groups -OCH3 is 1. The monoisotopic (exact) mass is 277 g/mol. The Morgan fingerprint density at radius 2 is 1.75 bits per heavy atom. The Balaban J connectivity index is 1.98. The number of H-pyrrole nitrogens is 2. The van der Waals surface area contributed by atoms with Gasteiger partial charge in [0, 0.05) is 0 Å². The lowest BCUT2D eigenvalue weighted by Gasteiger charge is -2.03. The SMILES string of the molecule is COC(=O)c1ccc(C(=O)OCc2n[nH]c(=O)[nH]2)cc1. The molecule has 0 unspecified atom stereocenters. The van der Waals surface area contributed by atoms with E-state index in [-0.39, 0.29) is 18.0 Å². The Labute approximate surface area is 112 Å². The van der Waals surface area contributed by atoms with Crippen LogP contribution in [0.3, 0.4) is 0 Å². The predicted molar refractivity (Wildman–Crippen MR) is 66.1 cm³/mol. The molecule has 0 radical (unpaired) electrons. The number of esters is 2. The molecule has 2 N–H and O–H groups in total. The molecule has 0 atom stereocenters. The smallest absolute Gasteiger partial charge is 0.340 e. The van der Waals surface area contributed by atoms with Gasteiger partial charge in [-0.15, -0.1) is 0 Å². The highest BCUT2D eigenvalue weighted by Gasteiger charge is 2.11. The van der Waals surface area contributed by atoms with Crippen molar-refractivity contribution in [3.63, 3.8) is 0 Å². The molecular formula is C12H11N3O5. The minimum absolute atomic E-state index is 0.156. The third-order valence-electron chi connectivity index (χ3n) is 2.43. The van der Waals surface area contributed by atoms with E-state index >= 15 is 0 Å². The number of aromatic nitrogens is 3. The normalized spacial score (nSPS) is 10.1. The second-order valence-corrected chi connectivity index (χ2v) is 3.77. The van der Waals surface area contributed by atoms with Gasteiger partial charge in [0.25, 0.3) is 0 Å². The molecule has 0 bridgehead atoms. The van der Waals surface area contributed by atoms with Crippen LogP contribution < -0.4 is 5.69 Å². The number of aromatic amines is 2. The second kappa shape index (κ2) is 5.83. The topological polar surface area (TPSA) is 114 Å². The molecule has 8 nitrogen and oxygen atoms in total. The minimum atomic E-state index is -0.592. The summed E-state index contributed by atoms with van der Waals surface area (Å²) in [5.41, 5.74) is 0.134. The molecule has 20 heavy (non-hydrogen) atoms. The van der Waals surface area contributed by atoms with Crippen LogP contribution in [0.5, 0.6) is 0 Å². The first-order valence-electron chi connectivity index (χ1n) is 5.59. The number of nitrogens with zero attached hydrogens (tertiary/aromatic N) is 1. The van der Waals surface area contributed by atoms with Gasteiger partial charge in [0.1, 0.15) is 0 Å². The molecule has 0 aliphatic rings. The maximum absolute atomic E-state index is 11.7. The predicted octanol–water partition coefficient (Wildman–Crippen LogP) is 0.242. The summed E-state index contributed by atoms with van der Waals surface area (Å²) in [5.74, 6) is -0.862. The molecule has 0 aliphatic heterocycles. The van der Waals surface area contributed by atoms with Crippen molar-refractivity contribution in [2.24, 2.45) is 0 Å². The Morgan fingerprint density at radius 3 is 2.25 bits per heavy atom. The van der Waals surface area contributed by atoms with Crippen LogP contribution in [0, 0.1) is 0 Å². The van der Waals surface area contributed by atoms with E-state index in [0.29, 0.717) is 5.56 Å². The van der Waals surface area contributed by atoms with Crippen LogP contribution >= 0.6 is 0 Å². The zero-order valence-electron chi connectivity index (χ0n) is 10.5. The van der Waals surface area contributed by atoms with Crippen molar-refractivity contribution in [3.8, 4) is 0 Å². The van der Waals surface area contributed by atoms with E-state index in [1.54, 1.807) is 0 Å². The molecule has 0 spiro atoms. The van der Waals surface area contributed by atoms with E-state index in [1.165, 1.54) is 31.4 Å². The highest BCUT2D eigenvalue weighted by atomic mass is 16.5. The summed E-state index contributed by atoms with van der Waals surface area (Å²) in [6.45, 7) is -0.156. The quantitative estimate of drug-likeness (QED) is 0.774. The third-order valence-corrected chi connectivity index (χ3v) is 2.43. The molecule has 104 valence electrons. The molecule has 0 amide bonds. The van der Waals surface area contributed by atoms with Gasteiger partial charge < -0.3 is 9.47 Å². The molecule has 0 aliphatic carbocycles. The van der Waals surface area contributed by atoms with Crippen molar-refractivity contribution in [1.29, 1.82) is 0 Å². The zero-order chi connectivity index (χ0) is 14.5. The van der Waals surface area contributed by atoms with Crippen LogP contribution in [-0.2, 0) is 16.1 Å². The largest absolute Gasteiger partial charge is 0.465 e. The van der Waals surface area contributed by atoms with Gasteiger partial charge in [-0.3, -0.25) is 4.98 Å². The fraction of sp³-hybridized carbons (Fsp3) is 0.167. The van der Waals surface area contributed by atoms with E-state index in [1.807, 2.05) is 0 Å². The van der Waals surface area contributed by atoms with Gasteiger partial charge in [-0.05, 0) is 24.3 Å². The Morgan fingerprint density at radius 1 is 1.15 bits per heavy atom. The summed E-state index contributed by atoms with van der Waals surface area (Å²) in [6, 6.07) is 5.81. The molecule has 0 fully saturated rings. The number of nitrogens with one attached hydrogen (secondary N) is 2. The molecule has 1 heterocycles. The van der Waals surface area contributed by atoms with E-state index in [9.17, 15) is 14.4 Å². The standard InChI is InChI=1S/C12H11N3O5/c1-19-10(16)7-2-4-8(5-3-7)11(17)20-6-9-13-12(18)15-14-9/h2-5H,6H2,1H3,(H2,13,14,15,18). The average Bonchev–Trinajstić information content (AvgIpc) is 2.89. The Kier molecular flexibility index (Phi) is 3.94. The summed E-state index contributed by atoms with van der Waals surface area (Å²) in [4.78, 5) is 36.1. The lowest BCUT2D eigenvalue weighted by molar-refractivity contribution is 0.0461. The summed E-state index contributed by atoms with van der Waals surface area (Å²) in [6.07, 6.45) is 0. The maximum Gasteiger partial charge on any atom is 0.340 e. The molecule has 2 rings (SSSR count). The number of benzene rings is 1. The number of hydrogen-bond donors (Lipinski definition) is 2. The molecule has 8 heteroatoms. The molecular weight excluding hydrogens is 266 g/mol. The van der Waals surface area contributed by atoms with Gasteiger partial charge in [-0.25, -0.2) is 19.5 Å². The van der Waals surface area contributed by atoms with Crippen molar-refractivity contribution in [2.45, 2.75) is 6.61 Å². The fourth-order valence-electron chi connectivity index (χ4n) is 1.45. The lowest BCUT2D eigenvalue weighted by Crippen LogP contribution is -2.08. The number of ether oxygens (including phenoxy) is 2.